The molecule has 7 heteroatoms. The number of carbonyl (C=O) groups is 1. The van der Waals surface area contributed by atoms with Crippen LogP contribution in [-0.4, -0.2) is 17.4 Å². The highest BCUT2D eigenvalue weighted by Crippen LogP contribution is 2.34. The van der Waals surface area contributed by atoms with Gasteiger partial charge in [-0.15, -0.1) is 35.1 Å². The van der Waals surface area contributed by atoms with E-state index in [1.54, 1.807) is 11.3 Å². The summed E-state index contributed by atoms with van der Waals surface area (Å²) in [6.07, 6.45) is 0. The van der Waals surface area contributed by atoms with Gasteiger partial charge in [-0.25, -0.2) is 4.98 Å². The number of anilines is 1. The fourth-order valence-corrected chi connectivity index (χ4v) is 3.23. The number of nitrogens with zero attached hydrogens (tertiary/aromatic N) is 1. The van der Waals surface area contributed by atoms with Gasteiger partial charge in [0.05, 0.1) is 17.1 Å². The van der Waals surface area contributed by atoms with E-state index in [1.165, 1.54) is 16.2 Å². The van der Waals surface area contributed by atoms with Crippen molar-refractivity contribution in [2.45, 2.75) is 13.8 Å². The third-order valence-corrected chi connectivity index (χ3v) is 4.10. The van der Waals surface area contributed by atoms with Crippen molar-refractivity contribution in [3.63, 3.8) is 0 Å². The molecule has 0 aromatic carbocycles. The zero-order chi connectivity index (χ0) is 12.4. The summed E-state index contributed by atoms with van der Waals surface area (Å²) < 4.78 is 0. The number of aryl methyl sites for hydroxylation is 2. The average molecular weight is 304 g/mol. The van der Waals surface area contributed by atoms with E-state index in [0.717, 1.165) is 15.4 Å². The Morgan fingerprint density at radius 3 is 2.67 bits per heavy atom. The van der Waals surface area contributed by atoms with Crippen LogP contribution in [0.1, 0.15) is 9.75 Å². The summed E-state index contributed by atoms with van der Waals surface area (Å²) in [5, 5.41) is 3.29. The monoisotopic (exact) mass is 303 g/mol. The number of amides is 1. The minimum Gasteiger partial charge on any atom is -0.322 e. The Kier molecular flexibility index (Phi) is 5.28. The third-order valence-electron chi connectivity index (χ3n) is 2.20. The summed E-state index contributed by atoms with van der Waals surface area (Å²) in [6, 6.07) is 4.12. The van der Waals surface area contributed by atoms with Gasteiger partial charge in [-0.2, -0.15) is 0 Å². The van der Waals surface area contributed by atoms with Crippen molar-refractivity contribution in [1.82, 2.24) is 4.98 Å². The maximum atomic E-state index is 11.2. The molecule has 18 heavy (non-hydrogen) atoms. The lowest BCUT2D eigenvalue weighted by Crippen LogP contribution is -2.21. The summed E-state index contributed by atoms with van der Waals surface area (Å²) in [6.45, 7) is 4.04. The Hall–Kier alpha value is -0.950. The minimum absolute atomic E-state index is 0. The number of hydrogen-bond acceptors (Lipinski definition) is 5. The third kappa shape index (κ3) is 3.29. The van der Waals surface area contributed by atoms with Crippen LogP contribution in [0, 0.1) is 13.8 Å². The Balaban J connectivity index is 0.00000162. The van der Waals surface area contributed by atoms with Crippen LogP contribution in [0.3, 0.4) is 0 Å². The first-order valence-electron chi connectivity index (χ1n) is 5.14. The lowest BCUT2D eigenvalue weighted by molar-refractivity contribution is -0.114. The first-order valence-corrected chi connectivity index (χ1v) is 6.77. The van der Waals surface area contributed by atoms with Crippen molar-refractivity contribution in [3.05, 3.63) is 21.9 Å². The van der Waals surface area contributed by atoms with Gasteiger partial charge in [0.15, 0.2) is 5.13 Å². The first-order chi connectivity index (χ1) is 8.10. The van der Waals surface area contributed by atoms with E-state index in [1.807, 2.05) is 6.92 Å². The predicted octanol–water partition coefficient (Wildman–Crippen LogP) is 2.81. The summed E-state index contributed by atoms with van der Waals surface area (Å²) in [5.74, 6) is -0.215. The van der Waals surface area contributed by atoms with Gasteiger partial charge >= 0.3 is 0 Å². The molecule has 2 aromatic heterocycles. The van der Waals surface area contributed by atoms with E-state index in [9.17, 15) is 4.79 Å². The molecule has 3 N–H and O–H groups in total. The molecule has 0 unspecified atom stereocenters. The SMILES string of the molecule is Cc1ccc(-c2nc(NC(=O)CN)sc2C)s1.Cl. The van der Waals surface area contributed by atoms with E-state index in [2.05, 4.69) is 29.4 Å². The number of thiophene rings is 1. The maximum absolute atomic E-state index is 11.2. The van der Waals surface area contributed by atoms with E-state index in [0.29, 0.717) is 5.13 Å². The molecule has 0 aliphatic rings. The highest BCUT2D eigenvalue weighted by molar-refractivity contribution is 7.18. The van der Waals surface area contributed by atoms with Crippen molar-refractivity contribution < 1.29 is 4.79 Å². The van der Waals surface area contributed by atoms with E-state index in [-0.39, 0.29) is 24.9 Å². The van der Waals surface area contributed by atoms with Gasteiger partial charge in [-0.1, -0.05) is 0 Å². The van der Waals surface area contributed by atoms with Crippen LogP contribution in [-0.2, 0) is 4.79 Å². The van der Waals surface area contributed by atoms with Crippen LogP contribution in [0.25, 0.3) is 10.6 Å². The van der Waals surface area contributed by atoms with Crippen molar-refractivity contribution in [3.8, 4) is 10.6 Å². The molecule has 1 amide bonds. The second-order valence-electron chi connectivity index (χ2n) is 3.59. The van der Waals surface area contributed by atoms with Gasteiger partial charge < -0.3 is 11.1 Å². The molecule has 0 radical (unpaired) electrons. The summed E-state index contributed by atoms with van der Waals surface area (Å²) >= 11 is 3.17. The normalized spacial score (nSPS) is 9.94. The zero-order valence-electron chi connectivity index (χ0n) is 10.0. The highest BCUT2D eigenvalue weighted by atomic mass is 35.5. The van der Waals surface area contributed by atoms with Gasteiger partial charge in [-0.3, -0.25) is 4.79 Å². The Morgan fingerprint density at radius 2 is 2.11 bits per heavy atom. The standard InChI is InChI=1S/C11H13N3OS2.ClH/c1-6-3-4-8(16-6)10-7(2)17-11(14-10)13-9(15)5-12;/h3-4H,5,12H2,1-2H3,(H,13,14,15);1H. The predicted molar refractivity (Wildman–Crippen MR) is 79.8 cm³/mol. The van der Waals surface area contributed by atoms with Crippen molar-refractivity contribution in [1.29, 1.82) is 0 Å². The molecule has 0 atom stereocenters. The van der Waals surface area contributed by atoms with Crippen LogP contribution in [0.2, 0.25) is 0 Å². The van der Waals surface area contributed by atoms with Crippen LogP contribution < -0.4 is 11.1 Å². The Bertz CT molecular complexity index is 550. The summed E-state index contributed by atoms with van der Waals surface area (Å²) in [7, 11) is 0. The van der Waals surface area contributed by atoms with Crippen LogP contribution in [0.5, 0.6) is 0 Å². The largest absolute Gasteiger partial charge is 0.322 e. The van der Waals surface area contributed by atoms with Crippen molar-refractivity contribution in [2.75, 3.05) is 11.9 Å². The molecule has 98 valence electrons. The van der Waals surface area contributed by atoms with Crippen molar-refractivity contribution in [2.24, 2.45) is 5.73 Å². The maximum Gasteiger partial charge on any atom is 0.239 e. The molecule has 0 aliphatic heterocycles. The quantitative estimate of drug-likeness (QED) is 0.916. The first kappa shape index (κ1) is 15.1. The lowest BCUT2D eigenvalue weighted by Gasteiger charge is -1.96. The van der Waals surface area contributed by atoms with Crippen LogP contribution >= 0.6 is 35.1 Å². The van der Waals surface area contributed by atoms with Gasteiger partial charge in [0.2, 0.25) is 5.91 Å². The zero-order valence-corrected chi connectivity index (χ0v) is 12.5. The average Bonchev–Trinajstić information content (AvgIpc) is 2.85. The fourth-order valence-electron chi connectivity index (χ4n) is 1.41. The molecule has 0 aliphatic carbocycles. The van der Waals surface area contributed by atoms with Crippen LogP contribution in [0.4, 0.5) is 5.13 Å². The molecule has 2 heterocycles. The molecule has 0 spiro atoms. The summed E-state index contributed by atoms with van der Waals surface area (Å²) in [5.41, 5.74) is 6.19. The molecule has 0 saturated heterocycles. The molecule has 2 rings (SSSR count). The number of rotatable bonds is 3. The second-order valence-corrected chi connectivity index (χ2v) is 6.08. The van der Waals surface area contributed by atoms with E-state index < -0.39 is 0 Å². The smallest absolute Gasteiger partial charge is 0.239 e. The molecular weight excluding hydrogens is 290 g/mol. The Labute approximate surface area is 120 Å². The number of nitrogens with one attached hydrogen (secondary N) is 1. The fraction of sp³-hybridized carbons (Fsp3) is 0.273. The molecule has 2 aromatic rings. The Morgan fingerprint density at radius 1 is 1.39 bits per heavy atom. The highest BCUT2D eigenvalue weighted by Gasteiger charge is 2.12. The van der Waals surface area contributed by atoms with Gasteiger partial charge in [0, 0.05) is 9.75 Å². The number of halogens is 1. The van der Waals surface area contributed by atoms with E-state index >= 15 is 0 Å². The molecule has 0 saturated carbocycles. The van der Waals surface area contributed by atoms with Gasteiger partial charge in [0.1, 0.15) is 0 Å². The molecule has 0 fully saturated rings. The second kappa shape index (κ2) is 6.29. The minimum atomic E-state index is -0.215. The number of thiazole rings is 1. The van der Waals surface area contributed by atoms with Gasteiger partial charge in [0.25, 0.3) is 0 Å². The topological polar surface area (TPSA) is 68.0 Å². The summed E-state index contributed by atoms with van der Waals surface area (Å²) in [4.78, 5) is 19.1. The lowest BCUT2D eigenvalue weighted by atomic mass is 10.3. The number of aromatic nitrogens is 1. The molecular formula is C11H14ClN3OS2. The van der Waals surface area contributed by atoms with Crippen LogP contribution in [0.15, 0.2) is 12.1 Å². The number of hydrogen-bond donors (Lipinski definition) is 2. The van der Waals surface area contributed by atoms with E-state index in [4.69, 9.17) is 5.73 Å². The molecule has 0 bridgehead atoms. The number of nitrogens with two attached hydrogens (primary N) is 1. The van der Waals surface area contributed by atoms with Crippen molar-refractivity contribution >= 4 is 46.1 Å². The molecule has 4 nitrogen and oxygen atoms in total. The van der Waals surface area contributed by atoms with Gasteiger partial charge in [-0.05, 0) is 26.0 Å². The number of carbonyl (C=O) groups excluding carboxylic acids is 1.